The molecular weight excluding hydrogens is 397 g/mol. The third-order valence-electron chi connectivity index (χ3n) is 6.24. The molecule has 2 aliphatic rings. The van der Waals surface area contributed by atoms with Crippen LogP contribution in [0.15, 0.2) is 12.3 Å². The van der Waals surface area contributed by atoms with E-state index in [0.29, 0.717) is 0 Å². The normalized spacial score (nSPS) is 22.8. The largest absolute Gasteiger partial charge is 0.339 e. The molecule has 2 fully saturated rings. The Labute approximate surface area is 179 Å². The summed E-state index contributed by atoms with van der Waals surface area (Å²) in [6.45, 7) is 10.2. The van der Waals surface area contributed by atoms with Crippen LogP contribution in [-0.2, 0) is 0 Å². The molecule has 1 amide bonds. The highest BCUT2D eigenvalue weighted by atomic mass is 35.5. The number of nitrogens with zero attached hydrogens (tertiary/aromatic N) is 4. The first-order valence-electron chi connectivity index (χ1n) is 9.93. The summed E-state index contributed by atoms with van der Waals surface area (Å²) in [5.74, 6) is 1.58. The number of pyridine rings is 1. The van der Waals surface area contributed by atoms with Crippen LogP contribution in [0.3, 0.4) is 0 Å². The molecule has 6 nitrogen and oxygen atoms in total. The van der Waals surface area contributed by atoms with Gasteiger partial charge >= 0.3 is 0 Å². The summed E-state index contributed by atoms with van der Waals surface area (Å²) in [4.78, 5) is 20.1. The summed E-state index contributed by atoms with van der Waals surface area (Å²) in [5, 5.41) is 8.91. The number of rotatable bonds is 3. The van der Waals surface area contributed by atoms with Gasteiger partial charge in [-0.25, -0.2) is 9.67 Å². The lowest BCUT2D eigenvalue weighted by molar-refractivity contribution is 0.0760. The van der Waals surface area contributed by atoms with E-state index in [1.807, 2.05) is 28.8 Å². The molecule has 2 aromatic rings. The van der Waals surface area contributed by atoms with Crippen molar-refractivity contribution in [3.05, 3.63) is 23.5 Å². The van der Waals surface area contributed by atoms with E-state index in [9.17, 15) is 4.79 Å². The zero-order valence-corrected chi connectivity index (χ0v) is 18.5. The van der Waals surface area contributed by atoms with E-state index in [1.54, 1.807) is 0 Å². The van der Waals surface area contributed by atoms with Gasteiger partial charge in [-0.2, -0.15) is 5.10 Å². The van der Waals surface area contributed by atoms with Crippen LogP contribution in [0.2, 0.25) is 0 Å². The van der Waals surface area contributed by atoms with E-state index in [1.165, 1.54) is 0 Å². The predicted molar refractivity (Wildman–Crippen MR) is 117 cm³/mol. The van der Waals surface area contributed by atoms with E-state index in [4.69, 9.17) is 0 Å². The highest BCUT2D eigenvalue weighted by Gasteiger charge is 2.32. The van der Waals surface area contributed by atoms with Crippen LogP contribution in [0.1, 0.15) is 55.2 Å². The maximum atomic E-state index is 13.3. The van der Waals surface area contributed by atoms with Gasteiger partial charge < -0.3 is 10.2 Å². The molecule has 2 saturated heterocycles. The van der Waals surface area contributed by atoms with Crippen LogP contribution in [0.25, 0.3) is 11.0 Å². The van der Waals surface area contributed by atoms with Crippen molar-refractivity contribution in [3.8, 4) is 0 Å². The highest BCUT2D eigenvalue weighted by Crippen LogP contribution is 2.29. The topological polar surface area (TPSA) is 63.1 Å². The number of carbonyl (C=O) groups is 1. The predicted octanol–water partition coefficient (Wildman–Crippen LogP) is 3.63. The second kappa shape index (κ2) is 9.42. The molecule has 0 saturated carbocycles. The van der Waals surface area contributed by atoms with Gasteiger partial charge in [0.25, 0.3) is 5.91 Å². The molecule has 3 atom stereocenters. The van der Waals surface area contributed by atoms with Crippen molar-refractivity contribution < 1.29 is 4.79 Å². The van der Waals surface area contributed by atoms with E-state index in [0.717, 1.165) is 79.6 Å². The summed E-state index contributed by atoms with van der Waals surface area (Å²) in [5.41, 5.74) is 2.47. The van der Waals surface area contributed by atoms with Gasteiger partial charge in [0.1, 0.15) is 0 Å². The van der Waals surface area contributed by atoms with Gasteiger partial charge in [0.05, 0.1) is 23.2 Å². The quantitative estimate of drug-likeness (QED) is 0.811. The molecular formula is C20H31Cl2N5O. The summed E-state index contributed by atoms with van der Waals surface area (Å²) in [7, 11) is 0. The smallest absolute Gasteiger partial charge is 0.254 e. The molecule has 156 valence electrons. The molecule has 8 heteroatoms. The van der Waals surface area contributed by atoms with Crippen LogP contribution in [-0.4, -0.2) is 51.8 Å². The number of aryl methyl sites for hydroxylation is 1. The Morgan fingerprint density at radius 1 is 1.25 bits per heavy atom. The van der Waals surface area contributed by atoms with Crippen molar-refractivity contribution in [2.75, 3.05) is 26.2 Å². The van der Waals surface area contributed by atoms with E-state index in [2.05, 4.69) is 29.2 Å². The fraction of sp³-hybridized carbons (Fsp3) is 0.650. The molecule has 0 aliphatic carbocycles. The van der Waals surface area contributed by atoms with Crippen molar-refractivity contribution >= 4 is 41.8 Å². The minimum absolute atomic E-state index is 0. The van der Waals surface area contributed by atoms with E-state index in [-0.39, 0.29) is 36.8 Å². The Morgan fingerprint density at radius 2 is 1.89 bits per heavy atom. The lowest BCUT2D eigenvalue weighted by Crippen LogP contribution is -2.33. The molecule has 1 unspecified atom stereocenters. The van der Waals surface area contributed by atoms with Gasteiger partial charge in [0.15, 0.2) is 5.65 Å². The first-order valence-corrected chi connectivity index (χ1v) is 9.93. The summed E-state index contributed by atoms with van der Waals surface area (Å²) >= 11 is 0. The molecule has 28 heavy (non-hydrogen) atoms. The monoisotopic (exact) mass is 427 g/mol. The van der Waals surface area contributed by atoms with Crippen molar-refractivity contribution in [2.45, 2.75) is 46.1 Å². The van der Waals surface area contributed by atoms with Crippen molar-refractivity contribution in [1.29, 1.82) is 0 Å². The highest BCUT2D eigenvalue weighted by molar-refractivity contribution is 6.05. The van der Waals surface area contributed by atoms with E-state index < -0.39 is 0 Å². The van der Waals surface area contributed by atoms with Crippen molar-refractivity contribution in [1.82, 2.24) is 25.0 Å². The average molecular weight is 428 g/mol. The number of carbonyl (C=O) groups excluding carboxylic acids is 1. The van der Waals surface area contributed by atoms with Gasteiger partial charge in [0.2, 0.25) is 0 Å². The number of hydrogen-bond donors (Lipinski definition) is 1. The maximum Gasteiger partial charge on any atom is 0.254 e. The van der Waals surface area contributed by atoms with Crippen LogP contribution in [0.5, 0.6) is 0 Å². The number of nitrogens with one attached hydrogen (secondary N) is 1. The van der Waals surface area contributed by atoms with Crippen LogP contribution >= 0.6 is 24.8 Å². The number of likely N-dealkylation sites (tertiary alicyclic amines) is 1. The van der Waals surface area contributed by atoms with Crippen LogP contribution in [0.4, 0.5) is 0 Å². The summed E-state index contributed by atoms with van der Waals surface area (Å²) < 4.78 is 1.96. The standard InChI is InChI=1S/C20H29N5O.2ClH/c1-4-14(3)25-19-18(12-22-25)17(9-13(2)23-19)20(26)24-7-5-15-10-21-11-16(15)6-8-24;;/h9,12,14-16,21H,4-8,10-11H2,1-3H3;2*1H/t14?,15-,16+;;. The molecule has 2 aromatic heterocycles. The lowest BCUT2D eigenvalue weighted by atomic mass is 9.92. The Hall–Kier alpha value is -1.37. The molecule has 2 aliphatic heterocycles. The van der Waals surface area contributed by atoms with Gasteiger partial charge in [-0.3, -0.25) is 4.79 Å². The van der Waals surface area contributed by atoms with Crippen molar-refractivity contribution in [3.63, 3.8) is 0 Å². The fourth-order valence-corrected chi connectivity index (χ4v) is 4.41. The fourth-order valence-electron chi connectivity index (χ4n) is 4.41. The summed E-state index contributed by atoms with van der Waals surface area (Å²) in [6, 6.07) is 2.20. The molecule has 0 aromatic carbocycles. The average Bonchev–Trinajstić information content (AvgIpc) is 3.22. The van der Waals surface area contributed by atoms with Gasteiger partial charge in [0, 0.05) is 18.8 Å². The lowest BCUT2D eigenvalue weighted by Gasteiger charge is -2.21. The Balaban J connectivity index is 0.00000140. The second-order valence-electron chi connectivity index (χ2n) is 7.94. The van der Waals surface area contributed by atoms with Gasteiger partial charge in [-0.1, -0.05) is 6.92 Å². The SMILES string of the molecule is CCC(C)n1ncc2c(C(=O)N3CC[C@@H]4CNC[C@@H]4CC3)cc(C)nc21.Cl.Cl. The first kappa shape index (κ1) is 22.9. The first-order chi connectivity index (χ1) is 12.6. The molecule has 0 spiro atoms. The number of amides is 1. The third-order valence-corrected chi connectivity index (χ3v) is 6.24. The van der Waals surface area contributed by atoms with Crippen molar-refractivity contribution in [2.24, 2.45) is 11.8 Å². The Kier molecular flexibility index (Phi) is 7.71. The molecule has 4 heterocycles. The van der Waals surface area contributed by atoms with Gasteiger partial charge in [-0.05, 0) is 64.1 Å². The number of fused-ring (bicyclic) bond motifs is 2. The van der Waals surface area contributed by atoms with Crippen LogP contribution in [0, 0.1) is 18.8 Å². The maximum absolute atomic E-state index is 13.3. The molecule has 0 radical (unpaired) electrons. The third kappa shape index (κ3) is 4.14. The van der Waals surface area contributed by atoms with Crippen LogP contribution < -0.4 is 5.32 Å². The Bertz CT molecular complexity index is 810. The molecule has 0 bridgehead atoms. The molecule has 1 N–H and O–H groups in total. The zero-order chi connectivity index (χ0) is 18.3. The number of halogens is 2. The zero-order valence-electron chi connectivity index (χ0n) is 16.9. The minimum atomic E-state index is 0. The Morgan fingerprint density at radius 3 is 2.50 bits per heavy atom. The number of hydrogen-bond acceptors (Lipinski definition) is 4. The van der Waals surface area contributed by atoms with Gasteiger partial charge in [-0.15, -0.1) is 24.8 Å². The second-order valence-corrected chi connectivity index (χ2v) is 7.94. The van der Waals surface area contributed by atoms with E-state index >= 15 is 0 Å². The summed E-state index contributed by atoms with van der Waals surface area (Å²) in [6.07, 6.45) is 5.00. The minimum Gasteiger partial charge on any atom is -0.339 e. The number of aromatic nitrogens is 3. The molecule has 4 rings (SSSR count).